The summed E-state index contributed by atoms with van der Waals surface area (Å²) in [7, 11) is 0. The van der Waals surface area contributed by atoms with E-state index in [-0.39, 0.29) is 17.9 Å². The first-order valence-electron chi connectivity index (χ1n) is 6.88. The van der Waals surface area contributed by atoms with Gasteiger partial charge in [0.15, 0.2) is 0 Å². The number of carbonyl (C=O) groups is 1. The molecule has 1 aliphatic carbocycles. The van der Waals surface area contributed by atoms with Gasteiger partial charge < -0.3 is 9.84 Å². The molecule has 1 atom stereocenters. The van der Waals surface area contributed by atoms with Crippen LogP contribution in [0.15, 0.2) is 0 Å². The van der Waals surface area contributed by atoms with Gasteiger partial charge in [-0.2, -0.15) is 0 Å². The van der Waals surface area contributed by atoms with Crippen molar-refractivity contribution in [2.45, 2.75) is 52.5 Å². The van der Waals surface area contributed by atoms with Crippen LogP contribution in [0.4, 0.5) is 0 Å². The normalized spacial score (nSPS) is 19.6. The number of hydrogen-bond donors (Lipinski definition) is 2. The molecule has 0 amide bonds. The second kappa shape index (κ2) is 6.02. The average molecular weight is 257 g/mol. The van der Waals surface area contributed by atoms with Crippen molar-refractivity contribution in [1.82, 2.24) is 5.32 Å². The minimum Gasteiger partial charge on any atom is -0.480 e. The Bertz CT molecular complexity index is 281. The van der Waals surface area contributed by atoms with E-state index < -0.39 is 11.5 Å². The number of carboxylic acid groups (broad SMARTS) is 1. The molecular formula is C14H27NO3. The molecule has 0 bridgehead atoms. The number of nitrogens with one attached hydrogen (secondary N) is 1. The van der Waals surface area contributed by atoms with E-state index in [9.17, 15) is 9.90 Å². The van der Waals surface area contributed by atoms with E-state index in [0.717, 1.165) is 19.3 Å². The number of hydrogen-bond acceptors (Lipinski definition) is 3. The summed E-state index contributed by atoms with van der Waals surface area (Å²) in [5.41, 5.74) is -0.643. The lowest BCUT2D eigenvalue weighted by Crippen LogP contribution is -2.57. The predicted octanol–water partition coefficient (Wildman–Crippen LogP) is 2.28. The summed E-state index contributed by atoms with van der Waals surface area (Å²) >= 11 is 0. The second-order valence-electron chi connectivity index (χ2n) is 6.44. The van der Waals surface area contributed by atoms with Crippen LogP contribution in [0.5, 0.6) is 0 Å². The molecule has 0 heterocycles. The highest BCUT2D eigenvalue weighted by atomic mass is 16.5. The first-order valence-corrected chi connectivity index (χ1v) is 6.88. The van der Waals surface area contributed by atoms with Crippen molar-refractivity contribution < 1.29 is 14.6 Å². The summed E-state index contributed by atoms with van der Waals surface area (Å²) in [6.07, 6.45) is 2.92. The number of likely N-dealkylation sites (N-methyl/N-ethyl adjacent to an activating group) is 1. The Kier molecular flexibility index (Phi) is 5.17. The highest BCUT2D eigenvalue weighted by Crippen LogP contribution is 2.40. The number of rotatable bonds is 8. The van der Waals surface area contributed by atoms with Gasteiger partial charge in [-0.15, -0.1) is 0 Å². The summed E-state index contributed by atoms with van der Waals surface area (Å²) in [5, 5.41) is 12.6. The summed E-state index contributed by atoms with van der Waals surface area (Å²) in [4.78, 5) is 11.5. The average Bonchev–Trinajstić information content (AvgIpc) is 3.04. The number of carboxylic acids is 1. The molecule has 0 aromatic rings. The Morgan fingerprint density at radius 1 is 1.39 bits per heavy atom. The lowest BCUT2D eigenvalue weighted by molar-refractivity contribution is -0.149. The van der Waals surface area contributed by atoms with E-state index in [2.05, 4.69) is 26.1 Å². The van der Waals surface area contributed by atoms with Crippen LogP contribution < -0.4 is 5.32 Å². The fourth-order valence-electron chi connectivity index (χ4n) is 2.13. The van der Waals surface area contributed by atoms with Gasteiger partial charge in [0.1, 0.15) is 5.54 Å². The van der Waals surface area contributed by atoms with Gasteiger partial charge in [-0.25, -0.2) is 0 Å². The lowest BCUT2D eigenvalue weighted by atomic mass is 9.92. The summed E-state index contributed by atoms with van der Waals surface area (Å²) in [6.45, 7) is 9.97. The SMILES string of the molecule is CCNC(COCCC(C)(C)C)(C(=O)O)C1CC1. The fourth-order valence-corrected chi connectivity index (χ4v) is 2.13. The maximum absolute atomic E-state index is 11.5. The first kappa shape index (κ1) is 15.4. The maximum atomic E-state index is 11.5. The zero-order chi connectivity index (χ0) is 13.8. The van der Waals surface area contributed by atoms with Gasteiger partial charge in [0, 0.05) is 6.61 Å². The number of aliphatic carboxylic acids is 1. The summed E-state index contributed by atoms with van der Waals surface area (Å²) in [6, 6.07) is 0. The van der Waals surface area contributed by atoms with Crippen LogP contribution in [-0.2, 0) is 9.53 Å². The molecule has 4 nitrogen and oxygen atoms in total. The van der Waals surface area contributed by atoms with E-state index in [1.807, 2.05) is 6.92 Å². The molecular weight excluding hydrogens is 230 g/mol. The fraction of sp³-hybridized carbons (Fsp3) is 0.929. The zero-order valence-electron chi connectivity index (χ0n) is 12.1. The van der Waals surface area contributed by atoms with Gasteiger partial charge >= 0.3 is 5.97 Å². The van der Waals surface area contributed by atoms with Gasteiger partial charge in [-0.1, -0.05) is 27.7 Å². The third-order valence-electron chi connectivity index (χ3n) is 3.47. The van der Waals surface area contributed by atoms with Crippen LogP contribution in [0.2, 0.25) is 0 Å². The Morgan fingerprint density at radius 2 is 2.00 bits per heavy atom. The molecule has 1 rings (SSSR count). The van der Waals surface area contributed by atoms with E-state index >= 15 is 0 Å². The van der Waals surface area contributed by atoms with Crippen molar-refractivity contribution in [3.8, 4) is 0 Å². The molecule has 18 heavy (non-hydrogen) atoms. The molecule has 106 valence electrons. The minimum atomic E-state index is -0.868. The maximum Gasteiger partial charge on any atom is 0.326 e. The lowest BCUT2D eigenvalue weighted by Gasteiger charge is -2.30. The van der Waals surface area contributed by atoms with Gasteiger partial charge in [-0.3, -0.25) is 10.1 Å². The highest BCUT2D eigenvalue weighted by Gasteiger charge is 2.51. The molecule has 1 aliphatic rings. The van der Waals surface area contributed by atoms with Crippen LogP contribution in [-0.4, -0.2) is 36.4 Å². The van der Waals surface area contributed by atoms with Gasteiger partial charge in [0.05, 0.1) is 6.61 Å². The van der Waals surface area contributed by atoms with Gasteiger partial charge in [-0.05, 0) is 37.1 Å². The molecule has 4 heteroatoms. The molecule has 0 aromatic carbocycles. The molecule has 1 unspecified atom stereocenters. The molecule has 0 saturated heterocycles. The van der Waals surface area contributed by atoms with Crippen molar-refractivity contribution in [3.63, 3.8) is 0 Å². The Hall–Kier alpha value is -0.610. The van der Waals surface area contributed by atoms with Crippen LogP contribution in [0.3, 0.4) is 0 Å². The summed E-state index contributed by atoms with van der Waals surface area (Å²) in [5.74, 6) is -0.549. The van der Waals surface area contributed by atoms with Crippen molar-refractivity contribution in [3.05, 3.63) is 0 Å². The van der Waals surface area contributed by atoms with Crippen molar-refractivity contribution in [1.29, 1.82) is 0 Å². The predicted molar refractivity (Wildman–Crippen MR) is 71.7 cm³/mol. The Labute approximate surface area is 110 Å². The minimum absolute atomic E-state index is 0.226. The Balaban J connectivity index is 2.49. The third kappa shape index (κ3) is 4.25. The van der Waals surface area contributed by atoms with Gasteiger partial charge in [0.2, 0.25) is 0 Å². The molecule has 0 radical (unpaired) electrons. The quantitative estimate of drug-likeness (QED) is 0.655. The van der Waals surface area contributed by atoms with E-state index in [0.29, 0.717) is 13.2 Å². The molecule has 1 saturated carbocycles. The van der Waals surface area contributed by atoms with Crippen molar-refractivity contribution in [2.24, 2.45) is 11.3 Å². The van der Waals surface area contributed by atoms with Crippen LogP contribution in [0.1, 0.15) is 47.0 Å². The molecule has 0 spiro atoms. The molecule has 0 aliphatic heterocycles. The largest absolute Gasteiger partial charge is 0.480 e. The van der Waals surface area contributed by atoms with Crippen LogP contribution >= 0.6 is 0 Å². The number of ether oxygens (including phenoxy) is 1. The highest BCUT2D eigenvalue weighted by molar-refractivity contribution is 5.80. The smallest absolute Gasteiger partial charge is 0.326 e. The van der Waals surface area contributed by atoms with E-state index in [1.165, 1.54) is 0 Å². The first-order chi connectivity index (χ1) is 8.32. The van der Waals surface area contributed by atoms with Crippen LogP contribution in [0.25, 0.3) is 0 Å². The molecule has 0 aromatic heterocycles. The Morgan fingerprint density at radius 3 is 2.39 bits per heavy atom. The van der Waals surface area contributed by atoms with E-state index in [1.54, 1.807) is 0 Å². The monoisotopic (exact) mass is 257 g/mol. The standard InChI is InChI=1S/C14H27NO3/c1-5-15-14(12(16)17,11-6-7-11)10-18-9-8-13(2,3)4/h11,15H,5-10H2,1-4H3,(H,16,17). The van der Waals surface area contributed by atoms with Crippen LogP contribution in [0, 0.1) is 11.3 Å². The van der Waals surface area contributed by atoms with Crippen molar-refractivity contribution in [2.75, 3.05) is 19.8 Å². The molecule has 1 fully saturated rings. The van der Waals surface area contributed by atoms with E-state index in [4.69, 9.17) is 4.74 Å². The third-order valence-corrected chi connectivity index (χ3v) is 3.47. The molecule has 2 N–H and O–H groups in total. The summed E-state index contributed by atoms with van der Waals surface area (Å²) < 4.78 is 5.65. The second-order valence-corrected chi connectivity index (χ2v) is 6.44. The van der Waals surface area contributed by atoms with Gasteiger partial charge in [0.25, 0.3) is 0 Å². The zero-order valence-corrected chi connectivity index (χ0v) is 12.1. The topological polar surface area (TPSA) is 58.6 Å². The van der Waals surface area contributed by atoms with Crippen molar-refractivity contribution >= 4 is 5.97 Å².